The lowest BCUT2D eigenvalue weighted by atomic mass is 10.1. The Kier molecular flexibility index (Phi) is 5.55. The summed E-state index contributed by atoms with van der Waals surface area (Å²) < 4.78 is 0. The largest absolute Gasteiger partial charge is 0.346 e. The lowest BCUT2D eigenvalue weighted by Crippen LogP contribution is -2.48. The van der Waals surface area contributed by atoms with Crippen LogP contribution in [0.4, 0.5) is 0 Å². The Labute approximate surface area is 131 Å². The van der Waals surface area contributed by atoms with Crippen LogP contribution in [-0.4, -0.2) is 35.3 Å². The van der Waals surface area contributed by atoms with Gasteiger partial charge in [0, 0.05) is 12.6 Å². The zero-order chi connectivity index (χ0) is 16.1. The van der Waals surface area contributed by atoms with Gasteiger partial charge in [-0.3, -0.25) is 9.59 Å². The lowest BCUT2D eigenvalue weighted by molar-refractivity contribution is -0.134. The summed E-state index contributed by atoms with van der Waals surface area (Å²) in [6.07, 6.45) is 2.08. The molecule has 22 heavy (non-hydrogen) atoms. The molecule has 2 rings (SSSR count). The van der Waals surface area contributed by atoms with Crippen LogP contribution in [0.1, 0.15) is 32.3 Å². The van der Waals surface area contributed by atoms with E-state index in [0.29, 0.717) is 12.6 Å². The molecule has 1 aliphatic rings. The van der Waals surface area contributed by atoms with E-state index in [9.17, 15) is 9.59 Å². The van der Waals surface area contributed by atoms with E-state index >= 15 is 0 Å². The van der Waals surface area contributed by atoms with Gasteiger partial charge in [-0.25, -0.2) is 0 Å². The molecule has 120 valence electrons. The van der Waals surface area contributed by atoms with Gasteiger partial charge in [0.05, 0.1) is 12.6 Å². The van der Waals surface area contributed by atoms with E-state index in [4.69, 9.17) is 5.73 Å². The molecule has 0 aliphatic heterocycles. The van der Waals surface area contributed by atoms with Crippen LogP contribution in [0.3, 0.4) is 0 Å². The van der Waals surface area contributed by atoms with Gasteiger partial charge in [0.15, 0.2) is 0 Å². The number of hydrogen-bond donors (Lipinski definition) is 2. The lowest BCUT2D eigenvalue weighted by Gasteiger charge is -2.23. The molecule has 5 heteroatoms. The third-order valence-corrected chi connectivity index (χ3v) is 3.94. The smallest absolute Gasteiger partial charge is 0.242 e. The Hall–Kier alpha value is -1.88. The van der Waals surface area contributed by atoms with E-state index in [2.05, 4.69) is 5.32 Å². The molecule has 0 bridgehead atoms. The SMILES string of the molecule is CC(C)[C@H](N)C(=O)NCC(=O)N(Cc1ccccc1)C1CC1. The summed E-state index contributed by atoms with van der Waals surface area (Å²) in [5.74, 6) is -0.256. The van der Waals surface area contributed by atoms with E-state index in [1.165, 1.54) is 0 Å². The molecule has 2 amide bonds. The van der Waals surface area contributed by atoms with Crippen LogP contribution < -0.4 is 11.1 Å². The molecular weight excluding hydrogens is 278 g/mol. The Balaban J connectivity index is 1.89. The number of nitrogens with two attached hydrogens (primary N) is 1. The van der Waals surface area contributed by atoms with E-state index < -0.39 is 6.04 Å². The third-order valence-electron chi connectivity index (χ3n) is 3.94. The predicted molar refractivity (Wildman–Crippen MR) is 85.8 cm³/mol. The molecule has 0 spiro atoms. The van der Waals surface area contributed by atoms with Crippen LogP contribution >= 0.6 is 0 Å². The van der Waals surface area contributed by atoms with Crippen LogP contribution in [0.15, 0.2) is 30.3 Å². The average Bonchev–Trinajstić information content (AvgIpc) is 3.34. The molecule has 0 radical (unpaired) electrons. The molecule has 3 N–H and O–H groups in total. The Morgan fingerprint density at radius 2 is 1.91 bits per heavy atom. The zero-order valence-corrected chi connectivity index (χ0v) is 13.3. The molecule has 1 saturated carbocycles. The summed E-state index contributed by atoms with van der Waals surface area (Å²) >= 11 is 0. The third kappa shape index (κ3) is 4.56. The first-order valence-corrected chi connectivity index (χ1v) is 7.85. The van der Waals surface area contributed by atoms with Gasteiger partial charge in [0.2, 0.25) is 11.8 Å². The number of carbonyl (C=O) groups is 2. The van der Waals surface area contributed by atoms with Gasteiger partial charge < -0.3 is 16.0 Å². The number of nitrogens with zero attached hydrogens (tertiary/aromatic N) is 1. The van der Waals surface area contributed by atoms with Gasteiger partial charge in [0.25, 0.3) is 0 Å². The van der Waals surface area contributed by atoms with Crippen LogP contribution in [0.5, 0.6) is 0 Å². The van der Waals surface area contributed by atoms with Crippen LogP contribution in [0, 0.1) is 5.92 Å². The minimum Gasteiger partial charge on any atom is -0.346 e. The highest BCUT2D eigenvalue weighted by Crippen LogP contribution is 2.28. The number of hydrogen-bond acceptors (Lipinski definition) is 3. The standard InChI is InChI=1S/C17H25N3O2/c1-12(2)16(18)17(22)19-10-15(21)20(14-8-9-14)11-13-6-4-3-5-7-13/h3-7,12,14,16H,8-11,18H2,1-2H3,(H,19,22)/t16-/m0/s1. The first kappa shape index (κ1) is 16.5. The highest BCUT2D eigenvalue weighted by Gasteiger charge is 2.32. The normalized spacial score (nSPS) is 15.5. The van der Waals surface area contributed by atoms with Crippen molar-refractivity contribution in [1.29, 1.82) is 0 Å². The quantitative estimate of drug-likeness (QED) is 0.796. The first-order valence-electron chi connectivity index (χ1n) is 7.85. The van der Waals surface area contributed by atoms with E-state index in [1.807, 2.05) is 49.1 Å². The number of rotatable bonds is 7. The van der Waals surface area contributed by atoms with Crippen molar-refractivity contribution in [2.75, 3.05) is 6.54 Å². The Bertz CT molecular complexity index is 512. The summed E-state index contributed by atoms with van der Waals surface area (Å²) in [6, 6.07) is 9.65. The minimum absolute atomic E-state index is 0.0165. The van der Waals surface area contributed by atoms with Crippen molar-refractivity contribution in [2.24, 2.45) is 11.7 Å². The van der Waals surface area contributed by atoms with Gasteiger partial charge in [0.1, 0.15) is 0 Å². The Morgan fingerprint density at radius 3 is 2.45 bits per heavy atom. The van der Waals surface area contributed by atoms with Crippen LogP contribution in [0.25, 0.3) is 0 Å². The van der Waals surface area contributed by atoms with Gasteiger partial charge in [-0.15, -0.1) is 0 Å². The highest BCUT2D eigenvalue weighted by atomic mass is 16.2. The van der Waals surface area contributed by atoms with Crippen molar-refractivity contribution in [1.82, 2.24) is 10.2 Å². The van der Waals surface area contributed by atoms with Gasteiger partial charge in [-0.1, -0.05) is 44.2 Å². The summed E-state index contributed by atoms with van der Waals surface area (Å²) in [5, 5.41) is 2.66. The molecule has 0 heterocycles. The highest BCUT2D eigenvalue weighted by molar-refractivity contribution is 5.87. The zero-order valence-electron chi connectivity index (χ0n) is 13.3. The maximum atomic E-state index is 12.4. The molecule has 0 aromatic heterocycles. The fourth-order valence-electron chi connectivity index (χ4n) is 2.27. The number of carbonyl (C=O) groups excluding carboxylic acids is 2. The molecule has 0 unspecified atom stereocenters. The number of amides is 2. The van der Waals surface area contributed by atoms with Gasteiger partial charge in [-0.2, -0.15) is 0 Å². The average molecular weight is 303 g/mol. The fraction of sp³-hybridized carbons (Fsp3) is 0.529. The summed E-state index contributed by atoms with van der Waals surface area (Å²) in [5.41, 5.74) is 6.89. The molecule has 5 nitrogen and oxygen atoms in total. The van der Waals surface area contributed by atoms with E-state index in [0.717, 1.165) is 18.4 Å². The van der Waals surface area contributed by atoms with Crippen LogP contribution in [0.2, 0.25) is 0 Å². The molecule has 0 saturated heterocycles. The van der Waals surface area contributed by atoms with Gasteiger partial charge in [-0.05, 0) is 24.3 Å². The summed E-state index contributed by atoms with van der Waals surface area (Å²) in [7, 11) is 0. The molecular formula is C17H25N3O2. The van der Waals surface area contributed by atoms with E-state index in [1.54, 1.807) is 0 Å². The monoisotopic (exact) mass is 303 g/mol. The van der Waals surface area contributed by atoms with Crippen LogP contribution in [-0.2, 0) is 16.1 Å². The summed E-state index contributed by atoms with van der Waals surface area (Å²) in [6.45, 7) is 4.38. The second-order valence-electron chi connectivity index (χ2n) is 6.23. The topological polar surface area (TPSA) is 75.4 Å². The van der Waals surface area contributed by atoms with Crippen molar-refractivity contribution >= 4 is 11.8 Å². The molecule has 1 atom stereocenters. The maximum absolute atomic E-state index is 12.4. The second-order valence-corrected chi connectivity index (χ2v) is 6.23. The number of nitrogens with one attached hydrogen (secondary N) is 1. The summed E-state index contributed by atoms with van der Waals surface area (Å²) in [4.78, 5) is 26.1. The van der Waals surface area contributed by atoms with Crippen molar-refractivity contribution < 1.29 is 9.59 Å². The van der Waals surface area contributed by atoms with Crippen molar-refractivity contribution in [3.8, 4) is 0 Å². The maximum Gasteiger partial charge on any atom is 0.242 e. The Morgan fingerprint density at radius 1 is 1.27 bits per heavy atom. The van der Waals surface area contributed by atoms with Gasteiger partial charge >= 0.3 is 0 Å². The second kappa shape index (κ2) is 7.40. The van der Waals surface area contributed by atoms with Crippen molar-refractivity contribution in [3.63, 3.8) is 0 Å². The molecule has 1 aliphatic carbocycles. The van der Waals surface area contributed by atoms with E-state index in [-0.39, 0.29) is 24.3 Å². The minimum atomic E-state index is -0.573. The van der Waals surface area contributed by atoms with Crippen molar-refractivity contribution in [3.05, 3.63) is 35.9 Å². The molecule has 1 fully saturated rings. The van der Waals surface area contributed by atoms with Crippen molar-refractivity contribution in [2.45, 2.75) is 45.3 Å². The molecule has 1 aromatic carbocycles. The number of benzene rings is 1. The molecule has 1 aromatic rings. The fourth-order valence-corrected chi connectivity index (χ4v) is 2.27. The first-order chi connectivity index (χ1) is 10.5. The predicted octanol–water partition coefficient (Wildman–Crippen LogP) is 1.28.